The van der Waals surface area contributed by atoms with Gasteiger partial charge in [0.2, 0.25) is 5.39 Å². The lowest BCUT2D eigenvalue weighted by molar-refractivity contribution is 0.463. The minimum absolute atomic E-state index is 0.236. The summed E-state index contributed by atoms with van der Waals surface area (Å²) < 4.78 is 31.9. The van der Waals surface area contributed by atoms with Crippen LogP contribution in [0.3, 0.4) is 0 Å². The third-order valence-corrected chi connectivity index (χ3v) is 2.36. The maximum Gasteiger partial charge on any atom is 0.402 e. The zero-order valence-electron chi connectivity index (χ0n) is 6.76. The maximum atomic E-state index is 10.6. The van der Waals surface area contributed by atoms with E-state index >= 15 is 0 Å². The summed E-state index contributed by atoms with van der Waals surface area (Å²) in [6, 6.07) is 3.97. The van der Waals surface area contributed by atoms with Crippen molar-refractivity contribution in [3.8, 4) is 0 Å². The molecule has 1 aromatic carbocycles. The number of rotatable bonds is 1. The normalized spacial score (nSPS) is 10.8. The van der Waals surface area contributed by atoms with Crippen LogP contribution < -0.4 is 0 Å². The molecule has 0 fully saturated rings. The second-order valence-corrected chi connectivity index (χ2v) is 3.87. The molecule has 1 aromatic rings. The highest BCUT2D eigenvalue weighted by molar-refractivity contribution is 7.86. The van der Waals surface area contributed by atoms with Crippen molar-refractivity contribution >= 4 is 15.8 Å². The fraction of sp³-hybridized carbons (Fsp3) is 0.143. The van der Waals surface area contributed by atoms with E-state index in [2.05, 4.69) is 4.98 Å². The molecule has 5 nitrogen and oxygen atoms in total. The molecule has 0 amide bonds. The van der Waals surface area contributed by atoms with E-state index in [1.54, 1.807) is 13.0 Å². The van der Waals surface area contributed by atoms with Crippen molar-refractivity contribution in [3.63, 3.8) is 0 Å². The van der Waals surface area contributed by atoms with Crippen molar-refractivity contribution in [2.24, 2.45) is 0 Å². The lowest BCUT2D eigenvalue weighted by atomic mass is 10.2. The average molecular weight is 198 g/mol. The molecule has 0 aliphatic rings. The monoisotopic (exact) mass is 198 g/mol. The van der Waals surface area contributed by atoms with Crippen LogP contribution in [0.25, 0.3) is 4.98 Å². The van der Waals surface area contributed by atoms with Crippen molar-refractivity contribution in [1.29, 1.82) is 5.39 Å². The van der Waals surface area contributed by atoms with E-state index in [4.69, 9.17) is 5.39 Å². The van der Waals surface area contributed by atoms with Crippen LogP contribution in [0, 0.1) is 12.3 Å². The number of aryl methyl sites for hydroxylation is 1. The number of hydrogen-bond donors (Lipinski definition) is 0. The van der Waals surface area contributed by atoms with E-state index in [0.717, 1.165) is 6.07 Å². The zero-order chi connectivity index (χ0) is 10.1. The Hall–Kier alpha value is -1.45. The summed E-state index contributed by atoms with van der Waals surface area (Å²) >= 11 is 0. The van der Waals surface area contributed by atoms with Gasteiger partial charge in [-0.3, -0.25) is 0 Å². The first-order valence-electron chi connectivity index (χ1n) is 3.37. The Labute approximate surface area is 75.4 Å². The largest absolute Gasteiger partial charge is 0.744 e. The first-order chi connectivity index (χ1) is 5.95. The predicted octanol–water partition coefficient (Wildman–Crippen LogP) is 1.38. The standard InChI is InChI=1S/C7H6N2O3S/c1-5-2-3-6(9-8)7(4-5)13(10,11)12/h2-4H,1H3. The van der Waals surface area contributed by atoms with Gasteiger partial charge in [-0.1, -0.05) is 6.07 Å². The summed E-state index contributed by atoms with van der Waals surface area (Å²) in [5.74, 6) is 0. The van der Waals surface area contributed by atoms with Crippen LogP contribution in [-0.2, 0) is 10.1 Å². The Morgan fingerprint density at radius 2 is 2.08 bits per heavy atom. The number of nitrogens with zero attached hydrogens (tertiary/aromatic N) is 2. The fourth-order valence-corrected chi connectivity index (χ4v) is 1.60. The first-order valence-corrected chi connectivity index (χ1v) is 4.77. The van der Waals surface area contributed by atoms with Gasteiger partial charge in [0.1, 0.15) is 15.0 Å². The minimum Gasteiger partial charge on any atom is -0.744 e. The number of benzene rings is 1. The van der Waals surface area contributed by atoms with Gasteiger partial charge in [0, 0.05) is 6.07 Å². The van der Waals surface area contributed by atoms with Gasteiger partial charge >= 0.3 is 5.69 Å². The van der Waals surface area contributed by atoms with Gasteiger partial charge < -0.3 is 4.55 Å². The SMILES string of the molecule is Cc1ccc([N+]#N)c(S(=O)(=O)[O-])c1. The predicted molar refractivity (Wildman–Crippen MR) is 43.9 cm³/mol. The molecular formula is C7H6N2O3S. The first kappa shape index (κ1) is 9.64. The molecular weight excluding hydrogens is 192 g/mol. The fourth-order valence-electron chi connectivity index (χ4n) is 0.904. The van der Waals surface area contributed by atoms with Crippen LogP contribution >= 0.6 is 0 Å². The number of diazo groups is 1. The van der Waals surface area contributed by atoms with Crippen molar-refractivity contribution < 1.29 is 13.0 Å². The molecule has 0 N–H and O–H groups in total. The summed E-state index contributed by atoms with van der Waals surface area (Å²) in [4.78, 5) is 2.19. The summed E-state index contributed by atoms with van der Waals surface area (Å²) in [5.41, 5.74) is 0.377. The lowest BCUT2D eigenvalue weighted by Gasteiger charge is -2.03. The Bertz CT molecular complexity index is 473. The van der Waals surface area contributed by atoms with Crippen molar-refractivity contribution in [2.45, 2.75) is 11.8 Å². The zero-order valence-corrected chi connectivity index (χ0v) is 7.58. The molecule has 0 aliphatic heterocycles. The highest BCUT2D eigenvalue weighted by atomic mass is 32.2. The third-order valence-electron chi connectivity index (χ3n) is 1.49. The summed E-state index contributed by atoms with van der Waals surface area (Å²) in [6.07, 6.45) is 0. The van der Waals surface area contributed by atoms with E-state index in [9.17, 15) is 13.0 Å². The summed E-state index contributed by atoms with van der Waals surface area (Å²) in [5, 5.41) is 8.39. The van der Waals surface area contributed by atoms with Gasteiger partial charge in [-0.05, 0) is 18.6 Å². The topological polar surface area (TPSA) is 85.3 Å². The second-order valence-electron chi connectivity index (χ2n) is 2.53. The highest BCUT2D eigenvalue weighted by Gasteiger charge is 2.18. The molecule has 0 heterocycles. The van der Waals surface area contributed by atoms with Crippen LogP contribution in [0.2, 0.25) is 0 Å². The molecule has 0 aliphatic carbocycles. The van der Waals surface area contributed by atoms with E-state index < -0.39 is 15.0 Å². The Morgan fingerprint density at radius 3 is 2.54 bits per heavy atom. The number of hydrogen-bond acceptors (Lipinski definition) is 4. The Kier molecular flexibility index (Phi) is 2.32. The van der Waals surface area contributed by atoms with Crippen molar-refractivity contribution in [3.05, 3.63) is 28.7 Å². The van der Waals surface area contributed by atoms with Crippen molar-refractivity contribution in [1.82, 2.24) is 0 Å². The molecule has 1 rings (SSSR count). The molecule has 13 heavy (non-hydrogen) atoms. The highest BCUT2D eigenvalue weighted by Crippen LogP contribution is 2.24. The third kappa shape index (κ3) is 2.02. The van der Waals surface area contributed by atoms with Gasteiger partial charge in [-0.2, -0.15) is 0 Å². The molecule has 0 saturated carbocycles. The van der Waals surface area contributed by atoms with Gasteiger partial charge in [0.05, 0.1) is 0 Å². The van der Waals surface area contributed by atoms with E-state index in [0.29, 0.717) is 5.56 Å². The Morgan fingerprint density at radius 1 is 1.46 bits per heavy atom. The molecule has 0 spiro atoms. The molecule has 68 valence electrons. The van der Waals surface area contributed by atoms with Gasteiger partial charge in [-0.15, -0.1) is 0 Å². The van der Waals surface area contributed by atoms with Crippen LogP contribution in [0.5, 0.6) is 0 Å². The maximum absolute atomic E-state index is 10.6. The average Bonchev–Trinajstić information content (AvgIpc) is 2.03. The quantitative estimate of drug-likeness (QED) is 0.504. The molecule has 0 saturated heterocycles. The molecule has 0 unspecified atom stereocenters. The summed E-state index contributed by atoms with van der Waals surface area (Å²) in [6.45, 7) is 1.63. The van der Waals surface area contributed by atoms with Gasteiger partial charge in [0.15, 0.2) is 4.98 Å². The van der Waals surface area contributed by atoms with E-state index in [1.165, 1.54) is 6.07 Å². The van der Waals surface area contributed by atoms with Crippen LogP contribution in [0.1, 0.15) is 5.56 Å². The lowest BCUT2D eigenvalue weighted by Crippen LogP contribution is -1.98. The van der Waals surface area contributed by atoms with E-state index in [-0.39, 0.29) is 5.69 Å². The van der Waals surface area contributed by atoms with Crippen molar-refractivity contribution in [2.75, 3.05) is 0 Å². The van der Waals surface area contributed by atoms with Crippen LogP contribution in [-0.4, -0.2) is 13.0 Å². The second kappa shape index (κ2) is 3.12. The summed E-state index contributed by atoms with van der Waals surface area (Å²) in [7, 11) is -4.57. The Balaban J connectivity index is 3.53. The van der Waals surface area contributed by atoms with Gasteiger partial charge in [0.25, 0.3) is 0 Å². The molecule has 6 heteroatoms. The molecule has 0 atom stereocenters. The van der Waals surface area contributed by atoms with E-state index in [1.807, 2.05) is 0 Å². The van der Waals surface area contributed by atoms with Gasteiger partial charge in [-0.25, -0.2) is 8.42 Å². The molecule has 0 aromatic heterocycles. The molecule has 0 bridgehead atoms. The van der Waals surface area contributed by atoms with Crippen LogP contribution in [0.4, 0.5) is 5.69 Å². The smallest absolute Gasteiger partial charge is 0.402 e. The molecule has 0 radical (unpaired) electrons. The minimum atomic E-state index is -4.57. The van der Waals surface area contributed by atoms with Crippen LogP contribution in [0.15, 0.2) is 23.1 Å².